The first-order chi connectivity index (χ1) is 13.1. The highest BCUT2D eigenvalue weighted by Crippen LogP contribution is 2.23. The lowest BCUT2D eigenvalue weighted by Gasteiger charge is -2.26. The van der Waals surface area contributed by atoms with Gasteiger partial charge in [-0.1, -0.05) is 12.1 Å². The van der Waals surface area contributed by atoms with Gasteiger partial charge in [-0.05, 0) is 40.2 Å². The lowest BCUT2D eigenvalue weighted by atomic mass is 10.3. The average Bonchev–Trinajstić information content (AvgIpc) is 3.23. The number of Topliss-reactive ketones (excluding diaryl/α,β-unsaturated/α-hetero) is 1. The highest BCUT2D eigenvalue weighted by molar-refractivity contribution is 9.11. The highest BCUT2D eigenvalue weighted by Gasteiger charge is 2.17. The molecule has 1 N–H and O–H groups in total. The highest BCUT2D eigenvalue weighted by atomic mass is 79.9. The molecule has 0 saturated carbocycles. The average molecular weight is 449 g/mol. The molecule has 0 amide bonds. The number of hydrogen-bond acceptors (Lipinski definition) is 5. The van der Waals surface area contributed by atoms with Gasteiger partial charge >= 0.3 is 0 Å². The second-order valence-corrected chi connectivity index (χ2v) is 8.99. The first kappa shape index (κ1) is 18.6. The van der Waals surface area contributed by atoms with Crippen molar-refractivity contribution in [2.45, 2.75) is 13.1 Å². The van der Waals surface area contributed by atoms with E-state index in [0.29, 0.717) is 10.5 Å². The molecular weight excluding hydrogens is 428 g/mol. The summed E-state index contributed by atoms with van der Waals surface area (Å²) in [5.41, 5.74) is 2.29. The van der Waals surface area contributed by atoms with Gasteiger partial charge in [-0.3, -0.25) is 15.1 Å². The van der Waals surface area contributed by atoms with Crippen LogP contribution in [0.2, 0.25) is 0 Å². The maximum Gasteiger partial charge on any atom is 0.203 e. The van der Waals surface area contributed by atoms with Gasteiger partial charge in [0.15, 0.2) is 5.78 Å². The molecule has 6 nitrogen and oxygen atoms in total. The summed E-state index contributed by atoms with van der Waals surface area (Å²) in [4.78, 5) is 15.8. The fraction of sp³-hybridized carbons (Fsp3) is 0.368. The third-order valence-electron chi connectivity index (χ3n) is 4.87. The summed E-state index contributed by atoms with van der Waals surface area (Å²) in [6, 6.07) is 11.7. The number of hydrogen-bond donors (Lipinski definition) is 1. The van der Waals surface area contributed by atoms with E-state index in [1.165, 1.54) is 11.3 Å². The first-order valence-corrected chi connectivity index (χ1v) is 10.6. The number of halogens is 1. The number of fused-ring (bicyclic) bond motifs is 1. The van der Waals surface area contributed by atoms with Gasteiger partial charge in [-0.2, -0.15) is 0 Å². The molecular formula is C19H21BrN4O2S. The van der Waals surface area contributed by atoms with Gasteiger partial charge in [0.2, 0.25) is 5.62 Å². The summed E-state index contributed by atoms with van der Waals surface area (Å²) in [5.74, 6) is 0.0280. The van der Waals surface area contributed by atoms with Gasteiger partial charge in [0.05, 0.1) is 39.5 Å². The number of carbonyl (C=O) groups is 1. The van der Waals surface area contributed by atoms with Gasteiger partial charge in [0.1, 0.15) is 0 Å². The van der Waals surface area contributed by atoms with Gasteiger partial charge in [0, 0.05) is 26.2 Å². The third kappa shape index (κ3) is 3.94. The monoisotopic (exact) mass is 448 g/mol. The van der Waals surface area contributed by atoms with E-state index in [1.807, 2.05) is 45.5 Å². The number of nitrogens with one attached hydrogen (secondary N) is 1. The van der Waals surface area contributed by atoms with Crippen LogP contribution >= 0.6 is 27.3 Å². The number of ether oxygens (including phenoxy) is 1. The van der Waals surface area contributed by atoms with Crippen molar-refractivity contribution in [2.75, 3.05) is 32.8 Å². The molecule has 1 aromatic carbocycles. The number of imidazole rings is 1. The number of carbonyl (C=O) groups excluding carboxylic acids is 1. The van der Waals surface area contributed by atoms with Crippen LogP contribution in [0.15, 0.2) is 40.2 Å². The fourth-order valence-corrected chi connectivity index (χ4v) is 4.75. The topological polar surface area (TPSA) is 63.2 Å². The van der Waals surface area contributed by atoms with Crippen LogP contribution in [0.5, 0.6) is 0 Å². The minimum absolute atomic E-state index is 0.0280. The van der Waals surface area contributed by atoms with E-state index < -0.39 is 0 Å². The maximum atomic E-state index is 12.7. The van der Waals surface area contributed by atoms with Gasteiger partial charge in [0.25, 0.3) is 0 Å². The summed E-state index contributed by atoms with van der Waals surface area (Å²) >= 11 is 4.84. The molecule has 0 atom stereocenters. The SMILES string of the molecule is N=c1n(CCN2CCOCC2)c2ccccc2n1CC(=O)c1ccc(Br)s1. The molecule has 1 aliphatic heterocycles. The van der Waals surface area contributed by atoms with E-state index in [9.17, 15) is 4.79 Å². The number of aromatic nitrogens is 2. The van der Waals surface area contributed by atoms with Crippen molar-refractivity contribution in [1.82, 2.24) is 14.0 Å². The Hall–Kier alpha value is -1.74. The Morgan fingerprint density at radius 2 is 1.78 bits per heavy atom. The molecule has 1 fully saturated rings. The molecule has 3 heterocycles. The minimum atomic E-state index is 0.0280. The second-order valence-electron chi connectivity index (χ2n) is 6.53. The van der Waals surface area contributed by atoms with Crippen molar-refractivity contribution >= 4 is 44.1 Å². The first-order valence-electron chi connectivity index (χ1n) is 8.95. The van der Waals surface area contributed by atoms with Gasteiger partial charge in [-0.25, -0.2) is 0 Å². The van der Waals surface area contributed by atoms with Crippen molar-refractivity contribution in [2.24, 2.45) is 0 Å². The molecule has 1 saturated heterocycles. The van der Waals surface area contributed by atoms with Crippen LogP contribution in [-0.4, -0.2) is 52.7 Å². The molecule has 4 rings (SSSR count). The standard InChI is InChI=1S/C19H21BrN4O2S/c20-18-6-5-17(27-18)16(25)13-24-15-4-2-1-3-14(15)23(19(24)21)8-7-22-9-11-26-12-10-22/h1-6,21H,7-13H2. The van der Waals surface area contributed by atoms with E-state index in [-0.39, 0.29) is 12.3 Å². The van der Waals surface area contributed by atoms with Crippen molar-refractivity contribution < 1.29 is 9.53 Å². The molecule has 3 aromatic rings. The van der Waals surface area contributed by atoms with Crippen LogP contribution in [0.4, 0.5) is 0 Å². The van der Waals surface area contributed by atoms with E-state index in [2.05, 4.69) is 20.8 Å². The van der Waals surface area contributed by atoms with Crippen molar-refractivity contribution in [3.05, 3.63) is 50.7 Å². The second kappa shape index (κ2) is 8.10. The third-order valence-corrected chi connectivity index (χ3v) is 6.53. The van der Waals surface area contributed by atoms with Crippen molar-refractivity contribution in [1.29, 1.82) is 5.41 Å². The molecule has 142 valence electrons. The Bertz CT molecular complexity index is 1020. The van der Waals surface area contributed by atoms with E-state index >= 15 is 0 Å². The maximum absolute atomic E-state index is 12.7. The van der Waals surface area contributed by atoms with Crippen molar-refractivity contribution in [3.8, 4) is 0 Å². The molecule has 2 aromatic heterocycles. The van der Waals surface area contributed by atoms with E-state index in [1.54, 1.807) is 0 Å². The Kier molecular flexibility index (Phi) is 5.58. The smallest absolute Gasteiger partial charge is 0.203 e. The molecule has 1 aliphatic rings. The lowest BCUT2D eigenvalue weighted by molar-refractivity contribution is 0.0363. The van der Waals surface area contributed by atoms with Crippen molar-refractivity contribution in [3.63, 3.8) is 0 Å². The summed E-state index contributed by atoms with van der Waals surface area (Å²) in [7, 11) is 0. The summed E-state index contributed by atoms with van der Waals surface area (Å²) in [5, 5.41) is 8.68. The Morgan fingerprint density at radius 3 is 2.44 bits per heavy atom. The molecule has 27 heavy (non-hydrogen) atoms. The van der Waals surface area contributed by atoms with Crippen LogP contribution in [0.3, 0.4) is 0 Å². The zero-order chi connectivity index (χ0) is 18.8. The van der Waals surface area contributed by atoms with Crippen LogP contribution in [0.25, 0.3) is 11.0 Å². The Morgan fingerprint density at radius 1 is 1.07 bits per heavy atom. The molecule has 0 aliphatic carbocycles. The van der Waals surface area contributed by atoms with E-state index in [4.69, 9.17) is 10.1 Å². The molecule has 0 unspecified atom stereocenters. The summed E-state index contributed by atoms with van der Waals surface area (Å²) < 4.78 is 10.2. The van der Waals surface area contributed by atoms with Crippen LogP contribution in [0, 0.1) is 5.41 Å². The fourth-order valence-electron chi connectivity index (χ4n) is 3.43. The summed E-state index contributed by atoms with van der Waals surface area (Å²) in [6.45, 7) is 5.17. The number of nitrogens with zero attached hydrogens (tertiary/aromatic N) is 3. The largest absolute Gasteiger partial charge is 0.379 e. The Balaban J connectivity index is 1.62. The minimum Gasteiger partial charge on any atom is -0.379 e. The zero-order valence-electron chi connectivity index (χ0n) is 14.9. The quantitative estimate of drug-likeness (QED) is 0.589. The van der Waals surface area contributed by atoms with Crippen LogP contribution in [0.1, 0.15) is 9.67 Å². The van der Waals surface area contributed by atoms with Gasteiger partial charge in [-0.15, -0.1) is 11.3 Å². The number of ketones is 1. The number of thiophene rings is 1. The molecule has 8 heteroatoms. The lowest BCUT2D eigenvalue weighted by Crippen LogP contribution is -2.39. The van der Waals surface area contributed by atoms with Gasteiger partial charge < -0.3 is 13.9 Å². The van der Waals surface area contributed by atoms with Crippen LogP contribution < -0.4 is 5.62 Å². The number of benzene rings is 1. The van der Waals surface area contributed by atoms with E-state index in [0.717, 1.165) is 54.2 Å². The summed E-state index contributed by atoms with van der Waals surface area (Å²) in [6.07, 6.45) is 0. The zero-order valence-corrected chi connectivity index (χ0v) is 17.3. The number of rotatable bonds is 6. The Labute approximate surface area is 169 Å². The molecule has 0 radical (unpaired) electrons. The predicted octanol–water partition coefficient (Wildman–Crippen LogP) is 2.96. The predicted molar refractivity (Wildman–Crippen MR) is 109 cm³/mol. The number of para-hydroxylation sites is 2. The molecule has 0 bridgehead atoms. The normalized spacial score (nSPS) is 15.4. The molecule has 0 spiro atoms. The number of morpholine rings is 1. The van der Waals surface area contributed by atoms with Crippen LogP contribution in [-0.2, 0) is 17.8 Å².